The summed E-state index contributed by atoms with van der Waals surface area (Å²) in [5.74, 6) is 1.06. The van der Waals surface area contributed by atoms with Crippen molar-refractivity contribution in [2.45, 2.75) is 19.5 Å². The van der Waals surface area contributed by atoms with Gasteiger partial charge in [0, 0.05) is 19.2 Å². The predicted octanol–water partition coefficient (Wildman–Crippen LogP) is 3.35. The fraction of sp³-hybridized carbons (Fsp3) is 0.278. The number of aromatic nitrogens is 2. The fourth-order valence-electron chi connectivity index (χ4n) is 2.42. The molecular weight excluding hydrogens is 336 g/mol. The van der Waals surface area contributed by atoms with Crippen LogP contribution in [0.1, 0.15) is 34.8 Å². The quantitative estimate of drug-likeness (QED) is 0.733. The van der Waals surface area contributed by atoms with E-state index in [4.69, 9.17) is 4.42 Å². The molecule has 7 heteroatoms. The van der Waals surface area contributed by atoms with Gasteiger partial charge in [-0.05, 0) is 43.1 Å². The first-order valence-electron chi connectivity index (χ1n) is 7.97. The molecule has 3 rings (SSSR count). The molecule has 1 amide bonds. The molecule has 0 bridgehead atoms. The summed E-state index contributed by atoms with van der Waals surface area (Å²) in [5, 5.41) is 12.9. The molecule has 0 aliphatic rings. The maximum absolute atomic E-state index is 11.6. The number of rotatable bonds is 6. The highest BCUT2D eigenvalue weighted by Crippen LogP contribution is 2.26. The number of benzene rings is 1. The van der Waals surface area contributed by atoms with E-state index in [1.54, 1.807) is 18.4 Å². The van der Waals surface area contributed by atoms with Gasteiger partial charge < -0.3 is 9.73 Å². The molecule has 130 valence electrons. The molecule has 0 radical (unpaired) electrons. The van der Waals surface area contributed by atoms with Crippen LogP contribution >= 0.6 is 11.3 Å². The van der Waals surface area contributed by atoms with Crippen LogP contribution in [0.25, 0.3) is 10.8 Å². The summed E-state index contributed by atoms with van der Waals surface area (Å²) >= 11 is 1.58. The molecular formula is C18H20N4O2S. The van der Waals surface area contributed by atoms with E-state index in [0.29, 0.717) is 23.9 Å². The van der Waals surface area contributed by atoms with E-state index in [9.17, 15) is 4.79 Å². The van der Waals surface area contributed by atoms with Crippen LogP contribution < -0.4 is 5.32 Å². The van der Waals surface area contributed by atoms with Gasteiger partial charge in [-0.2, -0.15) is 0 Å². The number of nitrogens with zero attached hydrogens (tertiary/aromatic N) is 3. The van der Waals surface area contributed by atoms with Crippen molar-refractivity contribution in [3.8, 4) is 10.8 Å². The van der Waals surface area contributed by atoms with Crippen LogP contribution in [0.5, 0.6) is 0 Å². The Kier molecular flexibility index (Phi) is 5.25. The third kappa shape index (κ3) is 3.94. The monoisotopic (exact) mass is 356 g/mol. The molecule has 3 aromatic rings. The van der Waals surface area contributed by atoms with Gasteiger partial charge in [0.2, 0.25) is 5.89 Å². The second-order valence-electron chi connectivity index (χ2n) is 5.79. The predicted molar refractivity (Wildman–Crippen MR) is 97.3 cm³/mol. The van der Waals surface area contributed by atoms with Crippen molar-refractivity contribution >= 4 is 17.2 Å². The maximum Gasteiger partial charge on any atom is 0.257 e. The molecule has 0 aliphatic heterocycles. The summed E-state index contributed by atoms with van der Waals surface area (Å²) in [4.78, 5) is 14.7. The van der Waals surface area contributed by atoms with Crippen molar-refractivity contribution in [1.29, 1.82) is 0 Å². The third-order valence-electron chi connectivity index (χ3n) is 4.07. The average molecular weight is 356 g/mol. The summed E-state index contributed by atoms with van der Waals surface area (Å²) < 4.78 is 5.81. The average Bonchev–Trinajstić information content (AvgIpc) is 3.32. The zero-order chi connectivity index (χ0) is 17.8. The maximum atomic E-state index is 11.6. The molecule has 2 heterocycles. The molecule has 6 nitrogen and oxygen atoms in total. The van der Waals surface area contributed by atoms with Gasteiger partial charge in [0.1, 0.15) is 0 Å². The molecule has 2 aromatic heterocycles. The Bertz CT molecular complexity index is 827. The minimum absolute atomic E-state index is 0.0140. The second-order valence-corrected chi connectivity index (χ2v) is 6.74. The van der Waals surface area contributed by atoms with E-state index in [1.807, 2.05) is 55.7 Å². The van der Waals surface area contributed by atoms with Gasteiger partial charge in [-0.25, -0.2) is 0 Å². The Morgan fingerprint density at radius 1 is 1.28 bits per heavy atom. The Morgan fingerprint density at radius 3 is 2.68 bits per heavy atom. The van der Waals surface area contributed by atoms with Gasteiger partial charge in [-0.15, -0.1) is 21.5 Å². The smallest absolute Gasteiger partial charge is 0.257 e. The highest BCUT2D eigenvalue weighted by atomic mass is 32.1. The number of hydrogen-bond donors (Lipinski definition) is 1. The summed E-state index contributed by atoms with van der Waals surface area (Å²) in [6, 6.07) is 11.5. The number of nitrogens with one attached hydrogen (secondary N) is 1. The molecule has 1 aromatic carbocycles. The topological polar surface area (TPSA) is 71.3 Å². The minimum Gasteiger partial charge on any atom is -0.418 e. The summed E-state index contributed by atoms with van der Waals surface area (Å²) in [6.45, 7) is 2.75. The lowest BCUT2D eigenvalue weighted by Gasteiger charge is -2.21. The molecule has 1 unspecified atom stereocenters. The van der Waals surface area contributed by atoms with Crippen LogP contribution in [-0.2, 0) is 6.54 Å². The first kappa shape index (κ1) is 17.3. The minimum atomic E-state index is -0.0831. The highest BCUT2D eigenvalue weighted by molar-refractivity contribution is 7.13. The number of hydrogen-bond acceptors (Lipinski definition) is 6. The van der Waals surface area contributed by atoms with E-state index in [2.05, 4.69) is 20.4 Å². The molecule has 25 heavy (non-hydrogen) atoms. The van der Waals surface area contributed by atoms with Crippen LogP contribution in [0.3, 0.4) is 0 Å². The molecule has 0 spiro atoms. The molecule has 0 saturated heterocycles. The molecule has 1 N–H and O–H groups in total. The van der Waals surface area contributed by atoms with E-state index >= 15 is 0 Å². The van der Waals surface area contributed by atoms with E-state index < -0.39 is 0 Å². The number of thiophene rings is 1. The lowest BCUT2D eigenvalue weighted by atomic mass is 10.1. The van der Waals surface area contributed by atoms with Gasteiger partial charge in [0.25, 0.3) is 11.8 Å². The zero-order valence-electron chi connectivity index (χ0n) is 14.4. The zero-order valence-corrected chi connectivity index (χ0v) is 15.2. The first-order valence-corrected chi connectivity index (χ1v) is 8.85. The third-order valence-corrected chi connectivity index (χ3v) is 4.92. The summed E-state index contributed by atoms with van der Waals surface area (Å²) in [7, 11) is 3.63. The van der Waals surface area contributed by atoms with Gasteiger partial charge in [-0.1, -0.05) is 18.2 Å². The standard InChI is InChI=1S/C18H20N4O2S/c1-12(17-20-21-18(24-17)15-5-4-10-25-15)22(3)11-13-6-8-14(9-7-13)16(23)19-2/h4-10,12H,11H2,1-3H3,(H,19,23). The number of carbonyl (C=O) groups is 1. The van der Waals surface area contributed by atoms with E-state index in [-0.39, 0.29) is 11.9 Å². The first-order chi connectivity index (χ1) is 12.1. The molecule has 0 fully saturated rings. The number of carbonyl (C=O) groups excluding carboxylic acids is 1. The van der Waals surface area contributed by atoms with Crippen LogP contribution in [0.15, 0.2) is 46.2 Å². The normalized spacial score (nSPS) is 12.3. The SMILES string of the molecule is CNC(=O)c1ccc(CN(C)C(C)c2nnc(-c3cccs3)o2)cc1. The van der Waals surface area contributed by atoms with Crippen molar-refractivity contribution in [3.63, 3.8) is 0 Å². The molecule has 0 saturated carbocycles. The number of amides is 1. The second kappa shape index (κ2) is 7.58. The van der Waals surface area contributed by atoms with Gasteiger partial charge in [-0.3, -0.25) is 9.69 Å². The lowest BCUT2D eigenvalue weighted by molar-refractivity contribution is 0.0963. The van der Waals surface area contributed by atoms with Gasteiger partial charge >= 0.3 is 0 Å². The fourth-order valence-corrected chi connectivity index (χ4v) is 3.07. The highest BCUT2D eigenvalue weighted by Gasteiger charge is 2.19. The Morgan fingerprint density at radius 2 is 2.04 bits per heavy atom. The van der Waals surface area contributed by atoms with E-state index in [0.717, 1.165) is 10.4 Å². The summed E-state index contributed by atoms with van der Waals surface area (Å²) in [5.41, 5.74) is 1.76. The van der Waals surface area contributed by atoms with Crippen LogP contribution in [0.4, 0.5) is 0 Å². The van der Waals surface area contributed by atoms with Crippen molar-refractivity contribution in [1.82, 2.24) is 20.4 Å². The van der Waals surface area contributed by atoms with Crippen molar-refractivity contribution in [2.24, 2.45) is 0 Å². The van der Waals surface area contributed by atoms with Gasteiger partial charge in [0.15, 0.2) is 0 Å². The molecule has 0 aliphatic carbocycles. The van der Waals surface area contributed by atoms with Crippen molar-refractivity contribution in [2.75, 3.05) is 14.1 Å². The van der Waals surface area contributed by atoms with Crippen LogP contribution in [0, 0.1) is 0 Å². The van der Waals surface area contributed by atoms with E-state index in [1.165, 1.54) is 0 Å². The molecule has 1 atom stereocenters. The summed E-state index contributed by atoms with van der Waals surface area (Å²) in [6.07, 6.45) is 0. The van der Waals surface area contributed by atoms with Gasteiger partial charge in [0.05, 0.1) is 10.9 Å². The Balaban J connectivity index is 1.66. The van der Waals surface area contributed by atoms with Crippen LogP contribution in [0.2, 0.25) is 0 Å². The lowest BCUT2D eigenvalue weighted by Crippen LogP contribution is -2.22. The van der Waals surface area contributed by atoms with Crippen molar-refractivity contribution < 1.29 is 9.21 Å². The Labute approximate surface area is 150 Å². The van der Waals surface area contributed by atoms with Crippen molar-refractivity contribution in [3.05, 3.63) is 58.8 Å². The largest absolute Gasteiger partial charge is 0.418 e. The Hall–Kier alpha value is -2.51. The van der Waals surface area contributed by atoms with Crippen LogP contribution in [-0.4, -0.2) is 35.1 Å².